The van der Waals surface area contributed by atoms with Gasteiger partial charge in [0.25, 0.3) is 5.91 Å². The van der Waals surface area contributed by atoms with Crippen LogP contribution in [0.15, 0.2) is 36.4 Å². The lowest BCUT2D eigenvalue weighted by Gasteiger charge is -2.16. The Hall–Kier alpha value is -2.69. The first kappa shape index (κ1) is 11.2. The minimum absolute atomic E-state index is 0.0723. The molecule has 100 valence electrons. The SMILES string of the molecule is Nc1cccc2c1C(=O)N(c1ccc3c(c1)OCO3)C2. The number of hydrogen-bond donors (Lipinski definition) is 1. The third kappa shape index (κ3) is 1.46. The zero-order chi connectivity index (χ0) is 13.7. The molecular formula is C15H12N2O3. The van der Waals surface area contributed by atoms with E-state index in [4.69, 9.17) is 15.2 Å². The number of nitrogens with two attached hydrogens (primary N) is 1. The van der Waals surface area contributed by atoms with Gasteiger partial charge in [0.2, 0.25) is 6.79 Å². The van der Waals surface area contributed by atoms with Crippen LogP contribution in [-0.2, 0) is 6.54 Å². The third-order valence-corrected chi connectivity index (χ3v) is 3.64. The lowest BCUT2D eigenvalue weighted by molar-refractivity contribution is 0.0997. The molecule has 0 unspecified atom stereocenters. The summed E-state index contributed by atoms with van der Waals surface area (Å²) in [5.41, 5.74) is 8.76. The molecule has 0 atom stereocenters. The number of carbonyl (C=O) groups is 1. The van der Waals surface area contributed by atoms with Crippen LogP contribution < -0.4 is 20.1 Å². The predicted octanol–water partition coefficient (Wildman–Crippen LogP) is 2.16. The largest absolute Gasteiger partial charge is 0.454 e. The Morgan fingerprint density at radius 3 is 2.80 bits per heavy atom. The van der Waals surface area contributed by atoms with Crippen LogP contribution in [0.5, 0.6) is 11.5 Å². The molecule has 0 spiro atoms. The van der Waals surface area contributed by atoms with E-state index >= 15 is 0 Å². The number of fused-ring (bicyclic) bond motifs is 2. The normalized spacial score (nSPS) is 15.6. The first-order valence-electron chi connectivity index (χ1n) is 6.33. The van der Waals surface area contributed by atoms with Crippen molar-refractivity contribution in [2.24, 2.45) is 0 Å². The summed E-state index contributed by atoms with van der Waals surface area (Å²) in [7, 11) is 0. The second-order valence-corrected chi connectivity index (χ2v) is 4.81. The molecule has 2 aromatic carbocycles. The van der Waals surface area contributed by atoms with E-state index in [1.54, 1.807) is 11.0 Å². The summed E-state index contributed by atoms with van der Waals surface area (Å²) < 4.78 is 10.6. The lowest BCUT2D eigenvalue weighted by atomic mass is 10.1. The van der Waals surface area contributed by atoms with E-state index in [9.17, 15) is 4.79 Å². The van der Waals surface area contributed by atoms with Crippen molar-refractivity contribution in [1.82, 2.24) is 0 Å². The van der Waals surface area contributed by atoms with Crippen LogP contribution >= 0.6 is 0 Å². The molecule has 2 aromatic rings. The summed E-state index contributed by atoms with van der Waals surface area (Å²) in [5.74, 6) is 1.30. The molecule has 2 heterocycles. The molecule has 0 aromatic heterocycles. The summed E-state index contributed by atoms with van der Waals surface area (Å²) in [5, 5.41) is 0. The zero-order valence-electron chi connectivity index (χ0n) is 10.6. The minimum atomic E-state index is -0.0723. The fourth-order valence-corrected chi connectivity index (χ4v) is 2.65. The molecule has 20 heavy (non-hydrogen) atoms. The summed E-state index contributed by atoms with van der Waals surface area (Å²) in [4.78, 5) is 14.2. The maximum Gasteiger partial charge on any atom is 0.261 e. The molecule has 0 radical (unpaired) electrons. The Kier molecular flexibility index (Phi) is 2.18. The highest BCUT2D eigenvalue weighted by Crippen LogP contribution is 2.38. The molecule has 0 saturated heterocycles. The van der Waals surface area contributed by atoms with Gasteiger partial charge in [-0.05, 0) is 23.8 Å². The van der Waals surface area contributed by atoms with E-state index in [-0.39, 0.29) is 12.7 Å². The van der Waals surface area contributed by atoms with Crippen molar-refractivity contribution in [2.45, 2.75) is 6.54 Å². The van der Waals surface area contributed by atoms with E-state index < -0.39 is 0 Å². The smallest absolute Gasteiger partial charge is 0.261 e. The van der Waals surface area contributed by atoms with Crippen LogP contribution in [0.2, 0.25) is 0 Å². The van der Waals surface area contributed by atoms with E-state index in [1.807, 2.05) is 30.3 Å². The van der Waals surface area contributed by atoms with Crippen LogP contribution in [-0.4, -0.2) is 12.7 Å². The van der Waals surface area contributed by atoms with Crippen LogP contribution in [0.4, 0.5) is 11.4 Å². The van der Waals surface area contributed by atoms with Crippen molar-refractivity contribution >= 4 is 17.3 Å². The van der Waals surface area contributed by atoms with Gasteiger partial charge in [0.15, 0.2) is 11.5 Å². The van der Waals surface area contributed by atoms with Crippen LogP contribution in [0.25, 0.3) is 0 Å². The van der Waals surface area contributed by atoms with Crippen molar-refractivity contribution in [3.05, 3.63) is 47.5 Å². The Morgan fingerprint density at radius 1 is 1.10 bits per heavy atom. The second-order valence-electron chi connectivity index (χ2n) is 4.81. The average molecular weight is 268 g/mol. The molecule has 2 aliphatic rings. The quantitative estimate of drug-likeness (QED) is 0.805. The molecule has 0 bridgehead atoms. The summed E-state index contributed by atoms with van der Waals surface area (Å²) in [6.07, 6.45) is 0. The average Bonchev–Trinajstić information content (AvgIpc) is 3.03. The van der Waals surface area contributed by atoms with E-state index in [1.165, 1.54) is 0 Å². The highest BCUT2D eigenvalue weighted by molar-refractivity contribution is 6.13. The van der Waals surface area contributed by atoms with Crippen molar-refractivity contribution in [1.29, 1.82) is 0 Å². The fourth-order valence-electron chi connectivity index (χ4n) is 2.65. The molecular weight excluding hydrogens is 256 g/mol. The first-order valence-corrected chi connectivity index (χ1v) is 6.33. The Labute approximate surface area is 115 Å². The third-order valence-electron chi connectivity index (χ3n) is 3.64. The topological polar surface area (TPSA) is 64.8 Å². The molecule has 4 rings (SSSR count). The number of benzene rings is 2. The van der Waals surface area contributed by atoms with Gasteiger partial charge in [0.1, 0.15) is 0 Å². The van der Waals surface area contributed by atoms with Gasteiger partial charge < -0.3 is 20.1 Å². The second kappa shape index (κ2) is 3.90. The van der Waals surface area contributed by atoms with Gasteiger partial charge in [-0.3, -0.25) is 4.79 Å². The highest BCUT2D eigenvalue weighted by atomic mass is 16.7. The molecule has 5 heteroatoms. The van der Waals surface area contributed by atoms with Crippen LogP contribution in [0, 0.1) is 0 Å². The van der Waals surface area contributed by atoms with E-state index in [0.29, 0.717) is 29.3 Å². The Bertz CT molecular complexity index is 727. The van der Waals surface area contributed by atoms with Crippen molar-refractivity contribution < 1.29 is 14.3 Å². The van der Waals surface area contributed by atoms with Crippen molar-refractivity contribution in [3.8, 4) is 11.5 Å². The number of rotatable bonds is 1. The summed E-state index contributed by atoms with van der Waals surface area (Å²) in [6, 6.07) is 11.0. The van der Waals surface area contributed by atoms with Gasteiger partial charge >= 0.3 is 0 Å². The van der Waals surface area contributed by atoms with E-state index in [0.717, 1.165) is 11.3 Å². The maximum absolute atomic E-state index is 12.5. The summed E-state index contributed by atoms with van der Waals surface area (Å²) >= 11 is 0. The number of ether oxygens (including phenoxy) is 2. The number of nitrogens with zero attached hydrogens (tertiary/aromatic N) is 1. The number of amides is 1. The summed E-state index contributed by atoms with van der Waals surface area (Å²) in [6.45, 7) is 0.749. The number of anilines is 2. The van der Waals surface area contributed by atoms with E-state index in [2.05, 4.69) is 0 Å². The van der Waals surface area contributed by atoms with Gasteiger partial charge in [-0.1, -0.05) is 12.1 Å². The number of hydrogen-bond acceptors (Lipinski definition) is 4. The van der Waals surface area contributed by atoms with Crippen LogP contribution in [0.1, 0.15) is 15.9 Å². The van der Waals surface area contributed by atoms with Gasteiger partial charge in [0.05, 0.1) is 12.1 Å². The molecule has 2 aliphatic heterocycles. The maximum atomic E-state index is 12.5. The standard InChI is InChI=1S/C15H12N2O3/c16-11-3-1-2-9-7-17(15(18)14(9)11)10-4-5-12-13(6-10)20-8-19-12/h1-6H,7-8,16H2. The monoisotopic (exact) mass is 268 g/mol. The predicted molar refractivity (Wildman–Crippen MR) is 73.9 cm³/mol. The van der Waals surface area contributed by atoms with Crippen LogP contribution in [0.3, 0.4) is 0 Å². The Balaban J connectivity index is 1.75. The first-order chi connectivity index (χ1) is 9.74. The lowest BCUT2D eigenvalue weighted by Crippen LogP contribution is -2.23. The van der Waals surface area contributed by atoms with Crippen molar-refractivity contribution in [2.75, 3.05) is 17.4 Å². The number of nitrogen functional groups attached to an aromatic ring is 1. The van der Waals surface area contributed by atoms with Gasteiger partial charge in [-0.15, -0.1) is 0 Å². The van der Waals surface area contributed by atoms with Gasteiger partial charge in [0, 0.05) is 17.4 Å². The van der Waals surface area contributed by atoms with Crippen molar-refractivity contribution in [3.63, 3.8) is 0 Å². The Morgan fingerprint density at radius 2 is 1.95 bits per heavy atom. The molecule has 2 N–H and O–H groups in total. The molecule has 0 saturated carbocycles. The van der Waals surface area contributed by atoms with Gasteiger partial charge in [-0.2, -0.15) is 0 Å². The fraction of sp³-hybridized carbons (Fsp3) is 0.133. The molecule has 0 aliphatic carbocycles. The zero-order valence-corrected chi connectivity index (χ0v) is 10.6. The number of carbonyl (C=O) groups excluding carboxylic acids is 1. The molecule has 1 amide bonds. The minimum Gasteiger partial charge on any atom is -0.454 e. The molecule has 0 fully saturated rings. The highest BCUT2D eigenvalue weighted by Gasteiger charge is 2.31. The van der Waals surface area contributed by atoms with Gasteiger partial charge in [-0.25, -0.2) is 0 Å². The molecule has 5 nitrogen and oxygen atoms in total.